The molecule has 5 heteroatoms. The Labute approximate surface area is 71.4 Å². The van der Waals surface area contributed by atoms with Crippen LogP contribution >= 0.6 is 0 Å². The Morgan fingerprint density at radius 3 is 2.50 bits per heavy atom. The van der Waals surface area contributed by atoms with E-state index in [9.17, 15) is 4.39 Å². The molecule has 12 heavy (non-hydrogen) atoms. The zero-order valence-electron chi connectivity index (χ0n) is 6.66. The summed E-state index contributed by atoms with van der Waals surface area (Å²) in [6.45, 7) is 1.72. The van der Waals surface area contributed by atoms with Crippen LogP contribution < -0.4 is 10.9 Å². The molecule has 1 aromatic carbocycles. The molecule has 2 N–H and O–H groups in total. The lowest BCUT2D eigenvalue weighted by atomic mass is 9.70. The van der Waals surface area contributed by atoms with Gasteiger partial charge < -0.3 is 10.0 Å². The van der Waals surface area contributed by atoms with Crippen molar-refractivity contribution in [2.75, 3.05) is 0 Å². The van der Waals surface area contributed by atoms with Gasteiger partial charge in [-0.15, -0.1) is 0 Å². The minimum absolute atomic E-state index is 0.165. The molecular weight excluding hydrogens is 157 g/mol. The summed E-state index contributed by atoms with van der Waals surface area (Å²) < 4.78 is 13.0. The van der Waals surface area contributed by atoms with E-state index in [-0.39, 0.29) is 5.46 Å². The van der Waals surface area contributed by atoms with Crippen molar-refractivity contribution >= 4 is 25.3 Å². The number of halogens is 1. The largest absolute Gasteiger partial charge is 0.488 e. The van der Waals surface area contributed by atoms with Gasteiger partial charge in [0.2, 0.25) is 0 Å². The molecular formula is C7H8B2FO2. The maximum Gasteiger partial charge on any atom is 0.488 e. The van der Waals surface area contributed by atoms with Crippen LogP contribution in [0, 0.1) is 5.82 Å². The molecule has 61 valence electrons. The van der Waals surface area contributed by atoms with E-state index in [1.165, 1.54) is 12.1 Å². The SMILES string of the molecule is C[B]c1ccc(B(O)O)cc1F. The zero-order chi connectivity index (χ0) is 9.14. The van der Waals surface area contributed by atoms with Gasteiger partial charge in [-0.05, 0) is 11.5 Å². The average Bonchev–Trinajstić information content (AvgIpc) is 2.04. The fourth-order valence-electron chi connectivity index (χ4n) is 0.938. The van der Waals surface area contributed by atoms with Crippen molar-refractivity contribution in [3.63, 3.8) is 0 Å². The van der Waals surface area contributed by atoms with E-state index in [0.29, 0.717) is 5.46 Å². The topological polar surface area (TPSA) is 40.5 Å². The first-order chi connectivity index (χ1) is 5.65. The molecule has 0 heterocycles. The van der Waals surface area contributed by atoms with Crippen molar-refractivity contribution in [3.05, 3.63) is 24.0 Å². The summed E-state index contributed by atoms with van der Waals surface area (Å²) in [5.74, 6) is -0.442. The maximum absolute atomic E-state index is 13.0. The van der Waals surface area contributed by atoms with E-state index in [1.54, 1.807) is 14.1 Å². The lowest BCUT2D eigenvalue weighted by Gasteiger charge is -2.02. The summed E-state index contributed by atoms with van der Waals surface area (Å²) >= 11 is 0. The lowest BCUT2D eigenvalue weighted by Crippen LogP contribution is -2.32. The highest BCUT2D eigenvalue weighted by atomic mass is 19.1. The van der Waals surface area contributed by atoms with Crippen LogP contribution in [-0.4, -0.2) is 24.4 Å². The minimum Gasteiger partial charge on any atom is -0.423 e. The van der Waals surface area contributed by atoms with E-state index in [1.807, 2.05) is 0 Å². The fraction of sp³-hybridized carbons (Fsp3) is 0.143. The first-order valence-electron chi connectivity index (χ1n) is 3.60. The molecule has 1 rings (SSSR count). The highest BCUT2D eigenvalue weighted by Crippen LogP contribution is 1.90. The second kappa shape index (κ2) is 3.74. The van der Waals surface area contributed by atoms with Crippen molar-refractivity contribution in [3.8, 4) is 0 Å². The van der Waals surface area contributed by atoms with Crippen LogP contribution in [0.1, 0.15) is 0 Å². The summed E-state index contributed by atoms with van der Waals surface area (Å²) in [7, 11) is 0.00785. The molecule has 0 unspecified atom stereocenters. The molecule has 0 bridgehead atoms. The minimum atomic E-state index is -1.61. The Morgan fingerprint density at radius 1 is 1.42 bits per heavy atom. The number of rotatable bonds is 2. The van der Waals surface area contributed by atoms with Gasteiger partial charge in [-0.3, -0.25) is 0 Å². The summed E-state index contributed by atoms with van der Waals surface area (Å²) in [6.07, 6.45) is 0. The molecule has 1 aromatic rings. The third-order valence-corrected chi connectivity index (χ3v) is 1.63. The van der Waals surface area contributed by atoms with E-state index in [2.05, 4.69) is 0 Å². The van der Waals surface area contributed by atoms with Crippen molar-refractivity contribution in [1.82, 2.24) is 0 Å². The van der Waals surface area contributed by atoms with Gasteiger partial charge in [-0.25, -0.2) is 4.39 Å². The quantitative estimate of drug-likeness (QED) is 0.545. The standard InChI is InChI=1S/C7H8B2FO2/c1-8-6-3-2-5(9(11)12)4-7(6)10/h2-4,11-12H,1H3. The van der Waals surface area contributed by atoms with Crippen LogP contribution in [0.25, 0.3) is 0 Å². The smallest absolute Gasteiger partial charge is 0.423 e. The molecule has 0 aliphatic heterocycles. The first kappa shape index (κ1) is 9.29. The number of hydrogen-bond acceptors (Lipinski definition) is 2. The van der Waals surface area contributed by atoms with Gasteiger partial charge in [0.25, 0.3) is 0 Å². The van der Waals surface area contributed by atoms with Crippen LogP contribution in [-0.2, 0) is 0 Å². The molecule has 1 radical (unpaired) electrons. The van der Waals surface area contributed by atoms with Crippen LogP contribution in [0.2, 0.25) is 6.82 Å². The molecule has 0 saturated heterocycles. The summed E-state index contributed by atoms with van der Waals surface area (Å²) in [5, 5.41) is 17.4. The fourth-order valence-corrected chi connectivity index (χ4v) is 0.938. The molecule has 0 atom stereocenters. The average molecular weight is 165 g/mol. The molecule has 0 aliphatic rings. The molecule has 0 aliphatic carbocycles. The molecule has 0 spiro atoms. The van der Waals surface area contributed by atoms with E-state index < -0.39 is 12.9 Å². The van der Waals surface area contributed by atoms with Crippen LogP contribution in [0.4, 0.5) is 4.39 Å². The summed E-state index contributed by atoms with van der Waals surface area (Å²) in [5.41, 5.74) is 0.623. The second-order valence-electron chi connectivity index (χ2n) is 2.44. The van der Waals surface area contributed by atoms with E-state index in [4.69, 9.17) is 10.0 Å². The van der Waals surface area contributed by atoms with Gasteiger partial charge in [-0.2, -0.15) is 0 Å². The Morgan fingerprint density at radius 2 is 2.08 bits per heavy atom. The predicted octanol–water partition coefficient (Wildman–Crippen LogP) is -1.12. The lowest BCUT2D eigenvalue weighted by molar-refractivity contribution is 0.425. The number of benzene rings is 1. The molecule has 0 aromatic heterocycles. The van der Waals surface area contributed by atoms with Crippen molar-refractivity contribution in [2.45, 2.75) is 6.82 Å². The van der Waals surface area contributed by atoms with E-state index in [0.717, 1.165) is 6.07 Å². The summed E-state index contributed by atoms with van der Waals surface area (Å²) in [4.78, 5) is 0. The van der Waals surface area contributed by atoms with Gasteiger partial charge >= 0.3 is 7.12 Å². The van der Waals surface area contributed by atoms with Crippen molar-refractivity contribution < 1.29 is 14.4 Å². The Kier molecular flexibility index (Phi) is 2.89. The Balaban J connectivity index is 3.02. The van der Waals surface area contributed by atoms with Gasteiger partial charge in [0.05, 0.1) is 0 Å². The van der Waals surface area contributed by atoms with Crippen LogP contribution in [0.5, 0.6) is 0 Å². The molecule has 0 amide bonds. The van der Waals surface area contributed by atoms with Crippen molar-refractivity contribution in [2.24, 2.45) is 0 Å². The highest BCUT2D eigenvalue weighted by Gasteiger charge is 2.12. The third-order valence-electron chi connectivity index (χ3n) is 1.63. The van der Waals surface area contributed by atoms with Crippen LogP contribution in [0.3, 0.4) is 0 Å². The van der Waals surface area contributed by atoms with Crippen molar-refractivity contribution in [1.29, 1.82) is 0 Å². The molecule has 0 saturated carbocycles. The normalized spacial score (nSPS) is 9.67. The van der Waals surface area contributed by atoms with Crippen LogP contribution in [0.15, 0.2) is 18.2 Å². The van der Waals surface area contributed by atoms with Gasteiger partial charge in [-0.1, -0.05) is 24.4 Å². The maximum atomic E-state index is 13.0. The van der Waals surface area contributed by atoms with Gasteiger partial charge in [0.15, 0.2) is 7.28 Å². The molecule has 2 nitrogen and oxygen atoms in total. The third kappa shape index (κ3) is 1.87. The van der Waals surface area contributed by atoms with Gasteiger partial charge in [0.1, 0.15) is 5.82 Å². The summed E-state index contributed by atoms with van der Waals surface area (Å²) in [6, 6.07) is 4.09. The highest BCUT2D eigenvalue weighted by molar-refractivity contribution is 6.59. The monoisotopic (exact) mass is 165 g/mol. The number of hydrogen-bond donors (Lipinski definition) is 2. The Bertz CT molecular complexity index is 278. The second-order valence-corrected chi connectivity index (χ2v) is 2.44. The predicted molar refractivity (Wildman–Crippen MR) is 47.5 cm³/mol. The van der Waals surface area contributed by atoms with Gasteiger partial charge in [0, 0.05) is 0 Å². The molecule has 0 fully saturated rings. The zero-order valence-corrected chi connectivity index (χ0v) is 6.66. The Hall–Kier alpha value is -0.800. The van der Waals surface area contributed by atoms with E-state index >= 15 is 0 Å². The first-order valence-corrected chi connectivity index (χ1v) is 3.60.